The number of imidazole rings is 1. The van der Waals surface area contributed by atoms with Gasteiger partial charge in [-0.15, -0.1) is 0 Å². The van der Waals surface area contributed by atoms with Gasteiger partial charge in [-0.05, 0) is 24.6 Å². The van der Waals surface area contributed by atoms with Crippen LogP contribution in [0.25, 0.3) is 28.5 Å². The number of fused-ring (bicyclic) bond motifs is 5. The number of nitrogens with zero attached hydrogens (tertiary/aromatic N) is 6. The molecule has 0 spiro atoms. The quantitative estimate of drug-likeness (QED) is 0.435. The second kappa shape index (κ2) is 7.08. The lowest BCUT2D eigenvalue weighted by atomic mass is 10.0. The van der Waals surface area contributed by atoms with Gasteiger partial charge in [-0.1, -0.05) is 0 Å². The first-order chi connectivity index (χ1) is 15.6. The van der Waals surface area contributed by atoms with Crippen LogP contribution in [0, 0.1) is 0 Å². The third kappa shape index (κ3) is 2.92. The average Bonchev–Trinajstić information content (AvgIpc) is 3.56. The van der Waals surface area contributed by atoms with E-state index in [-0.39, 0.29) is 5.91 Å². The molecular weight excluding hydrogens is 408 g/mol. The predicted octanol–water partition coefficient (Wildman–Crippen LogP) is 2.96. The number of hydrogen-bond donors (Lipinski definition) is 0. The van der Waals surface area contributed by atoms with Crippen molar-refractivity contribution >= 4 is 5.91 Å². The Morgan fingerprint density at radius 1 is 1.25 bits per heavy atom. The van der Waals surface area contributed by atoms with Gasteiger partial charge in [-0.25, -0.2) is 9.97 Å². The Kier molecular flexibility index (Phi) is 4.17. The van der Waals surface area contributed by atoms with Gasteiger partial charge in [0, 0.05) is 43.8 Å². The molecule has 1 saturated heterocycles. The maximum atomic E-state index is 12.0. The SMILES string of the molecule is COc1ccc2c(c1)-c1nn(C)cc1Cc1c(-c3nc(CN4CCCC4=O)co3)ncn1-2. The molecular formula is C23H22N6O3. The molecule has 0 N–H and O–H groups in total. The van der Waals surface area contributed by atoms with Crippen molar-refractivity contribution in [1.29, 1.82) is 0 Å². The summed E-state index contributed by atoms with van der Waals surface area (Å²) in [4.78, 5) is 23.1. The second-order valence-corrected chi connectivity index (χ2v) is 8.21. The molecule has 0 radical (unpaired) electrons. The van der Waals surface area contributed by atoms with Crippen molar-refractivity contribution in [1.82, 2.24) is 29.2 Å². The summed E-state index contributed by atoms with van der Waals surface area (Å²) in [6, 6.07) is 5.96. The lowest BCUT2D eigenvalue weighted by molar-refractivity contribution is -0.128. The number of likely N-dealkylation sites (tertiary alicyclic amines) is 1. The maximum Gasteiger partial charge on any atom is 0.247 e. The lowest BCUT2D eigenvalue weighted by Gasteiger charge is -2.12. The number of rotatable bonds is 4. The first kappa shape index (κ1) is 18.9. The first-order valence-electron chi connectivity index (χ1n) is 10.6. The van der Waals surface area contributed by atoms with Crippen molar-refractivity contribution < 1.29 is 13.9 Å². The Morgan fingerprint density at radius 2 is 2.16 bits per heavy atom. The fraction of sp³-hybridized carbons (Fsp3) is 0.304. The average molecular weight is 430 g/mol. The van der Waals surface area contributed by atoms with Crippen molar-refractivity contribution in [2.24, 2.45) is 7.05 Å². The summed E-state index contributed by atoms with van der Waals surface area (Å²) in [5.41, 5.74) is 6.40. The molecule has 1 fully saturated rings. The summed E-state index contributed by atoms with van der Waals surface area (Å²) in [6.45, 7) is 1.23. The molecule has 9 heteroatoms. The highest BCUT2D eigenvalue weighted by Gasteiger charge is 2.28. The van der Waals surface area contributed by atoms with Crippen molar-refractivity contribution in [3.63, 3.8) is 0 Å². The maximum absolute atomic E-state index is 12.0. The van der Waals surface area contributed by atoms with E-state index >= 15 is 0 Å². The zero-order chi connectivity index (χ0) is 21.8. The van der Waals surface area contributed by atoms with Crippen LogP contribution in [-0.4, -0.2) is 48.8 Å². The van der Waals surface area contributed by atoms with E-state index < -0.39 is 0 Å². The fourth-order valence-electron chi connectivity index (χ4n) is 4.60. The van der Waals surface area contributed by atoms with Gasteiger partial charge < -0.3 is 18.6 Å². The molecule has 5 heterocycles. The number of aryl methyl sites for hydroxylation is 1. The normalized spacial score (nSPS) is 14.8. The Balaban J connectivity index is 1.43. The van der Waals surface area contributed by atoms with E-state index in [4.69, 9.17) is 14.3 Å². The summed E-state index contributed by atoms with van der Waals surface area (Å²) in [5.74, 6) is 1.40. The molecule has 1 aromatic carbocycles. The van der Waals surface area contributed by atoms with Crippen molar-refractivity contribution in [3.05, 3.63) is 53.9 Å². The summed E-state index contributed by atoms with van der Waals surface area (Å²) < 4.78 is 15.2. The van der Waals surface area contributed by atoms with Gasteiger partial charge in [-0.3, -0.25) is 9.48 Å². The highest BCUT2D eigenvalue weighted by atomic mass is 16.5. The van der Waals surface area contributed by atoms with Gasteiger partial charge in [0.25, 0.3) is 0 Å². The van der Waals surface area contributed by atoms with Crippen LogP contribution in [0.1, 0.15) is 29.8 Å². The monoisotopic (exact) mass is 430 g/mol. The van der Waals surface area contributed by atoms with Crippen molar-refractivity contribution in [3.8, 4) is 34.3 Å². The van der Waals surface area contributed by atoms with Crippen LogP contribution in [0.5, 0.6) is 5.75 Å². The van der Waals surface area contributed by atoms with Crippen LogP contribution < -0.4 is 4.74 Å². The van der Waals surface area contributed by atoms with Crippen LogP contribution in [0.2, 0.25) is 0 Å². The van der Waals surface area contributed by atoms with Gasteiger partial charge in [0.15, 0.2) is 0 Å². The van der Waals surface area contributed by atoms with Gasteiger partial charge >= 0.3 is 0 Å². The predicted molar refractivity (Wildman–Crippen MR) is 115 cm³/mol. The number of carbonyl (C=O) groups is 1. The Bertz CT molecular complexity index is 1350. The molecule has 162 valence electrons. The topological polar surface area (TPSA) is 91.2 Å². The molecule has 0 unspecified atom stereocenters. The number of carbonyl (C=O) groups excluding carboxylic acids is 1. The number of amides is 1. The van der Waals surface area contributed by atoms with Crippen molar-refractivity contribution in [2.75, 3.05) is 13.7 Å². The van der Waals surface area contributed by atoms with E-state index in [9.17, 15) is 4.79 Å². The number of hydrogen-bond acceptors (Lipinski definition) is 6. The molecule has 9 nitrogen and oxygen atoms in total. The molecule has 3 aromatic heterocycles. The van der Waals surface area contributed by atoms with Gasteiger partial charge in [0.05, 0.1) is 36.4 Å². The molecule has 2 aliphatic rings. The van der Waals surface area contributed by atoms with Gasteiger partial charge in [-0.2, -0.15) is 5.10 Å². The first-order valence-corrected chi connectivity index (χ1v) is 10.6. The highest BCUT2D eigenvalue weighted by molar-refractivity contribution is 5.78. The lowest BCUT2D eigenvalue weighted by Crippen LogP contribution is -2.23. The van der Waals surface area contributed by atoms with Gasteiger partial charge in [0.2, 0.25) is 11.8 Å². The van der Waals surface area contributed by atoms with Crippen LogP contribution in [0.4, 0.5) is 0 Å². The molecule has 6 rings (SSSR count). The van der Waals surface area contributed by atoms with E-state index in [1.165, 1.54) is 0 Å². The van der Waals surface area contributed by atoms with E-state index in [1.807, 2.05) is 41.0 Å². The molecule has 0 atom stereocenters. The second-order valence-electron chi connectivity index (χ2n) is 8.21. The molecule has 2 aliphatic heterocycles. The van der Waals surface area contributed by atoms with E-state index in [0.29, 0.717) is 31.0 Å². The van der Waals surface area contributed by atoms with Crippen LogP contribution in [-0.2, 0) is 24.8 Å². The third-order valence-electron chi connectivity index (χ3n) is 6.13. The minimum Gasteiger partial charge on any atom is -0.497 e. The zero-order valence-corrected chi connectivity index (χ0v) is 17.9. The zero-order valence-electron chi connectivity index (χ0n) is 17.9. The number of methoxy groups -OCH3 is 1. The molecule has 0 saturated carbocycles. The molecule has 0 aliphatic carbocycles. The Morgan fingerprint density at radius 3 is 2.97 bits per heavy atom. The van der Waals surface area contributed by atoms with Crippen LogP contribution >= 0.6 is 0 Å². The number of oxazole rings is 1. The van der Waals surface area contributed by atoms with Crippen LogP contribution in [0.15, 0.2) is 41.4 Å². The minimum absolute atomic E-state index is 0.168. The standard InChI is InChI=1S/C23H22N6O3/c1-27-10-14-8-19-22(23-25-15(12-32-23)11-28-7-3-4-20(28)30)24-13-29(19)18-6-5-16(31-2)9-17(18)21(14)26-27/h5-6,9-10,12-13H,3-4,7-8,11H2,1-2H3. The Labute approximate surface area is 184 Å². The number of aromatic nitrogens is 5. The summed E-state index contributed by atoms with van der Waals surface area (Å²) in [5, 5.41) is 4.71. The fourth-order valence-corrected chi connectivity index (χ4v) is 4.60. The van der Waals surface area contributed by atoms with E-state index in [0.717, 1.165) is 52.6 Å². The molecule has 1 amide bonds. The van der Waals surface area contributed by atoms with E-state index in [1.54, 1.807) is 19.7 Å². The molecule has 32 heavy (non-hydrogen) atoms. The summed E-state index contributed by atoms with van der Waals surface area (Å²) in [6.07, 6.45) is 7.60. The number of ether oxygens (including phenoxy) is 1. The summed E-state index contributed by atoms with van der Waals surface area (Å²) >= 11 is 0. The van der Waals surface area contributed by atoms with Crippen LogP contribution in [0.3, 0.4) is 0 Å². The largest absolute Gasteiger partial charge is 0.497 e. The number of benzene rings is 1. The Hall–Kier alpha value is -3.88. The van der Waals surface area contributed by atoms with E-state index in [2.05, 4.69) is 14.5 Å². The van der Waals surface area contributed by atoms with Gasteiger partial charge in [0.1, 0.15) is 24.0 Å². The highest BCUT2D eigenvalue weighted by Crippen LogP contribution is 2.38. The molecule has 4 aromatic rings. The minimum atomic E-state index is 0.168. The third-order valence-corrected chi connectivity index (χ3v) is 6.13. The van der Waals surface area contributed by atoms with Crippen molar-refractivity contribution in [2.45, 2.75) is 25.8 Å². The molecule has 0 bridgehead atoms. The smallest absolute Gasteiger partial charge is 0.247 e. The summed E-state index contributed by atoms with van der Waals surface area (Å²) in [7, 11) is 3.58.